The van der Waals surface area contributed by atoms with E-state index in [0.717, 1.165) is 25.4 Å². The smallest absolute Gasteiger partial charge is 0.119 e. The molecule has 1 heterocycles. The van der Waals surface area contributed by atoms with Gasteiger partial charge in [-0.15, -0.1) is 0 Å². The summed E-state index contributed by atoms with van der Waals surface area (Å²) < 4.78 is 7.77. The minimum Gasteiger partial charge on any atom is -0.497 e. The fourth-order valence-electron chi connectivity index (χ4n) is 3.47. The highest BCUT2D eigenvalue weighted by Crippen LogP contribution is 2.27. The quantitative estimate of drug-likeness (QED) is 0.505. The number of hydrogen-bond acceptors (Lipinski definition) is 2. The van der Waals surface area contributed by atoms with Gasteiger partial charge in [0.1, 0.15) is 5.75 Å². The molecule has 0 bridgehead atoms. The zero-order valence-corrected chi connectivity index (χ0v) is 15.6. The molecular formula is C24H24N2O. The summed E-state index contributed by atoms with van der Waals surface area (Å²) in [6.45, 7) is 2.54. The van der Waals surface area contributed by atoms with E-state index in [1.54, 1.807) is 7.11 Å². The van der Waals surface area contributed by atoms with Gasteiger partial charge in [0.2, 0.25) is 0 Å². The first kappa shape index (κ1) is 17.4. The molecule has 3 nitrogen and oxygen atoms in total. The molecule has 0 spiro atoms. The highest BCUT2D eigenvalue weighted by molar-refractivity contribution is 5.85. The second-order valence-corrected chi connectivity index (χ2v) is 6.74. The molecule has 0 aliphatic heterocycles. The Hall–Kier alpha value is -3.04. The Kier molecular flexibility index (Phi) is 5.22. The zero-order chi connectivity index (χ0) is 18.5. The molecule has 3 aromatic carbocycles. The van der Waals surface area contributed by atoms with Crippen LogP contribution in [0.3, 0.4) is 0 Å². The van der Waals surface area contributed by atoms with Crippen molar-refractivity contribution in [2.24, 2.45) is 0 Å². The maximum atomic E-state index is 5.45. The monoisotopic (exact) mass is 356 g/mol. The van der Waals surface area contributed by atoms with Gasteiger partial charge in [0.25, 0.3) is 0 Å². The van der Waals surface area contributed by atoms with Gasteiger partial charge in [0.05, 0.1) is 7.11 Å². The van der Waals surface area contributed by atoms with Crippen LogP contribution in [0.1, 0.15) is 16.7 Å². The molecule has 1 N–H and O–H groups in total. The first-order chi connectivity index (χ1) is 13.3. The fraction of sp³-hybridized carbons (Fsp3) is 0.167. The summed E-state index contributed by atoms with van der Waals surface area (Å²) in [6.07, 6.45) is 2.26. The summed E-state index contributed by atoms with van der Waals surface area (Å²) in [5, 5.41) is 4.81. The first-order valence-corrected chi connectivity index (χ1v) is 9.28. The molecule has 0 aliphatic rings. The van der Waals surface area contributed by atoms with Crippen molar-refractivity contribution in [1.82, 2.24) is 9.88 Å². The number of rotatable bonds is 7. The number of aromatic nitrogens is 1. The second-order valence-electron chi connectivity index (χ2n) is 6.74. The molecule has 4 aromatic rings. The molecule has 136 valence electrons. The van der Waals surface area contributed by atoms with Gasteiger partial charge in [-0.05, 0) is 34.9 Å². The van der Waals surface area contributed by atoms with Crippen LogP contribution in [0.5, 0.6) is 5.75 Å². The van der Waals surface area contributed by atoms with Crippen LogP contribution < -0.4 is 10.1 Å². The van der Waals surface area contributed by atoms with Gasteiger partial charge in [-0.1, -0.05) is 60.7 Å². The number of hydrogen-bond donors (Lipinski definition) is 1. The number of nitrogens with zero attached hydrogens (tertiary/aromatic N) is 1. The number of benzene rings is 3. The third-order valence-electron chi connectivity index (χ3n) is 4.85. The average molecular weight is 356 g/mol. The Morgan fingerprint density at radius 1 is 0.815 bits per heavy atom. The van der Waals surface area contributed by atoms with Crippen molar-refractivity contribution in [3.63, 3.8) is 0 Å². The highest BCUT2D eigenvalue weighted by atomic mass is 16.5. The Morgan fingerprint density at radius 2 is 1.52 bits per heavy atom. The minimum atomic E-state index is 0.820. The highest BCUT2D eigenvalue weighted by Gasteiger charge is 2.10. The Labute approximate surface area is 160 Å². The third kappa shape index (κ3) is 4.04. The number of ether oxygens (including phenoxy) is 1. The van der Waals surface area contributed by atoms with Crippen molar-refractivity contribution < 1.29 is 4.74 Å². The van der Waals surface area contributed by atoms with Gasteiger partial charge >= 0.3 is 0 Å². The minimum absolute atomic E-state index is 0.820. The van der Waals surface area contributed by atoms with Crippen molar-refractivity contribution in [1.29, 1.82) is 0 Å². The van der Waals surface area contributed by atoms with Crippen LogP contribution >= 0.6 is 0 Å². The van der Waals surface area contributed by atoms with E-state index in [-0.39, 0.29) is 0 Å². The van der Waals surface area contributed by atoms with E-state index in [1.807, 2.05) is 12.1 Å². The Bertz CT molecular complexity index is 1010. The largest absolute Gasteiger partial charge is 0.497 e. The van der Waals surface area contributed by atoms with Crippen LogP contribution in [0, 0.1) is 0 Å². The molecule has 4 rings (SSSR count). The van der Waals surface area contributed by atoms with Crippen LogP contribution in [0.15, 0.2) is 85.1 Å². The summed E-state index contributed by atoms with van der Waals surface area (Å²) in [4.78, 5) is 0. The molecule has 0 saturated carbocycles. The van der Waals surface area contributed by atoms with E-state index in [4.69, 9.17) is 4.74 Å². The van der Waals surface area contributed by atoms with E-state index in [2.05, 4.69) is 82.8 Å². The SMILES string of the molecule is COc1ccc2c(c1)c(CNCc1ccccc1)cn2Cc1ccccc1. The van der Waals surface area contributed by atoms with Crippen LogP contribution in [0.4, 0.5) is 0 Å². The predicted molar refractivity (Wildman–Crippen MR) is 111 cm³/mol. The number of methoxy groups -OCH3 is 1. The molecule has 1 aromatic heterocycles. The molecular weight excluding hydrogens is 332 g/mol. The first-order valence-electron chi connectivity index (χ1n) is 9.28. The second kappa shape index (κ2) is 8.11. The summed E-state index contributed by atoms with van der Waals surface area (Å²) in [5.41, 5.74) is 5.11. The average Bonchev–Trinajstić information content (AvgIpc) is 3.06. The van der Waals surface area contributed by atoms with Gasteiger partial charge < -0.3 is 14.6 Å². The van der Waals surface area contributed by atoms with Crippen LogP contribution in [0.2, 0.25) is 0 Å². The Balaban J connectivity index is 1.60. The van der Waals surface area contributed by atoms with E-state index in [0.29, 0.717) is 0 Å². The van der Waals surface area contributed by atoms with Crippen molar-refractivity contribution in [2.75, 3.05) is 7.11 Å². The molecule has 0 fully saturated rings. The maximum absolute atomic E-state index is 5.45. The molecule has 0 amide bonds. The third-order valence-corrected chi connectivity index (χ3v) is 4.85. The van der Waals surface area contributed by atoms with E-state index >= 15 is 0 Å². The van der Waals surface area contributed by atoms with Gasteiger partial charge in [0, 0.05) is 36.7 Å². The van der Waals surface area contributed by atoms with Crippen molar-refractivity contribution in [3.8, 4) is 5.75 Å². The van der Waals surface area contributed by atoms with Crippen molar-refractivity contribution in [2.45, 2.75) is 19.6 Å². The lowest BCUT2D eigenvalue weighted by Crippen LogP contribution is -2.12. The van der Waals surface area contributed by atoms with Crippen LogP contribution in [0.25, 0.3) is 10.9 Å². The zero-order valence-electron chi connectivity index (χ0n) is 15.6. The molecule has 0 atom stereocenters. The molecule has 0 aliphatic carbocycles. The Morgan fingerprint density at radius 3 is 2.22 bits per heavy atom. The van der Waals surface area contributed by atoms with Crippen LogP contribution in [-0.4, -0.2) is 11.7 Å². The van der Waals surface area contributed by atoms with Gasteiger partial charge in [0.15, 0.2) is 0 Å². The fourth-order valence-corrected chi connectivity index (χ4v) is 3.47. The molecule has 0 saturated heterocycles. The van der Waals surface area contributed by atoms with Gasteiger partial charge in [-0.25, -0.2) is 0 Å². The molecule has 27 heavy (non-hydrogen) atoms. The lowest BCUT2D eigenvalue weighted by molar-refractivity contribution is 0.415. The lowest BCUT2D eigenvalue weighted by Gasteiger charge is -2.06. The molecule has 3 heteroatoms. The molecule has 0 radical (unpaired) electrons. The van der Waals surface area contributed by atoms with Gasteiger partial charge in [-0.3, -0.25) is 0 Å². The van der Waals surface area contributed by atoms with E-state index in [9.17, 15) is 0 Å². The summed E-state index contributed by atoms with van der Waals surface area (Å²) in [5.74, 6) is 0.893. The summed E-state index contributed by atoms with van der Waals surface area (Å²) >= 11 is 0. The normalized spacial score (nSPS) is 11.0. The van der Waals surface area contributed by atoms with Crippen molar-refractivity contribution in [3.05, 3.63) is 102 Å². The van der Waals surface area contributed by atoms with E-state index in [1.165, 1.54) is 27.6 Å². The standard InChI is InChI=1S/C24H24N2O/c1-27-22-12-13-24-23(14-22)21(16-25-15-19-8-4-2-5-9-19)18-26(24)17-20-10-6-3-7-11-20/h2-14,18,25H,15-17H2,1H3. The van der Waals surface area contributed by atoms with Crippen LogP contribution in [-0.2, 0) is 19.6 Å². The predicted octanol–water partition coefficient (Wildman–Crippen LogP) is 4.99. The van der Waals surface area contributed by atoms with E-state index < -0.39 is 0 Å². The maximum Gasteiger partial charge on any atom is 0.119 e. The molecule has 0 unspecified atom stereocenters. The lowest BCUT2D eigenvalue weighted by atomic mass is 10.1. The number of nitrogens with one attached hydrogen (secondary N) is 1. The summed E-state index contributed by atoms with van der Waals surface area (Å²) in [7, 11) is 1.72. The summed E-state index contributed by atoms with van der Waals surface area (Å²) in [6, 6.07) is 27.4. The van der Waals surface area contributed by atoms with Crippen molar-refractivity contribution >= 4 is 10.9 Å². The number of fused-ring (bicyclic) bond motifs is 1. The van der Waals surface area contributed by atoms with Gasteiger partial charge in [-0.2, -0.15) is 0 Å². The topological polar surface area (TPSA) is 26.2 Å².